The van der Waals surface area contributed by atoms with Gasteiger partial charge in [0, 0.05) is 97.4 Å². The van der Waals surface area contributed by atoms with E-state index in [0.29, 0.717) is 0 Å². The molecule has 2 aliphatic carbocycles. The standard InChI is InChI=1S/2C27H34N2O/c2*1-5-28(6-2)25-15-9-21(10-16-25)19-23-13-14-24(27(23)30)20-22-11-17-26(18-12-22)29(7-3)8-4/h2*9-12,15-20H,5-8,13-14H2,1-4H3/b2*23-19+,24-20+. The molecule has 0 amide bonds. The van der Waals surface area contributed by atoms with Crippen LogP contribution < -0.4 is 19.6 Å². The van der Waals surface area contributed by atoms with Crippen molar-refractivity contribution in [2.75, 3.05) is 72.0 Å². The molecule has 4 aromatic carbocycles. The maximum atomic E-state index is 12.9. The van der Waals surface area contributed by atoms with E-state index in [1.165, 1.54) is 22.7 Å². The fraction of sp³-hybridized carbons (Fsp3) is 0.370. The third-order valence-electron chi connectivity index (χ3n) is 11.9. The third-order valence-corrected chi connectivity index (χ3v) is 11.9. The minimum absolute atomic E-state index is 0.190. The summed E-state index contributed by atoms with van der Waals surface area (Å²) in [5.74, 6) is 0.381. The number of carbonyl (C=O) groups is 2. The van der Waals surface area contributed by atoms with E-state index in [1.807, 2.05) is 0 Å². The van der Waals surface area contributed by atoms with Gasteiger partial charge in [-0.15, -0.1) is 0 Å². The number of hydrogen-bond acceptors (Lipinski definition) is 6. The Kier molecular flexibility index (Phi) is 17.2. The van der Waals surface area contributed by atoms with Gasteiger partial charge in [0.25, 0.3) is 0 Å². The predicted molar refractivity (Wildman–Crippen MR) is 260 cm³/mol. The maximum Gasteiger partial charge on any atom is 0.185 e. The molecule has 0 unspecified atom stereocenters. The van der Waals surface area contributed by atoms with Crippen molar-refractivity contribution in [3.05, 3.63) is 142 Å². The lowest BCUT2D eigenvalue weighted by atomic mass is 10.1. The van der Waals surface area contributed by atoms with Gasteiger partial charge in [-0.05, 0) is 176 Å². The molecule has 0 N–H and O–H groups in total. The first kappa shape index (κ1) is 45.5. The molecule has 0 spiro atoms. The zero-order chi connectivity index (χ0) is 43.0. The van der Waals surface area contributed by atoms with Gasteiger partial charge in [-0.3, -0.25) is 9.59 Å². The molecule has 0 saturated heterocycles. The summed E-state index contributed by atoms with van der Waals surface area (Å²) in [6.45, 7) is 25.3. The number of nitrogens with zero attached hydrogens (tertiary/aromatic N) is 4. The second kappa shape index (κ2) is 22.7. The summed E-state index contributed by atoms with van der Waals surface area (Å²) in [7, 11) is 0. The van der Waals surface area contributed by atoms with Gasteiger partial charge in [-0.1, -0.05) is 48.5 Å². The van der Waals surface area contributed by atoms with Crippen molar-refractivity contribution in [3.63, 3.8) is 0 Å². The van der Waals surface area contributed by atoms with E-state index in [-0.39, 0.29) is 11.6 Å². The Hall–Kier alpha value is -5.62. The Bertz CT molecular complexity index is 1800. The molecule has 0 atom stereocenters. The highest BCUT2D eigenvalue weighted by molar-refractivity contribution is 6.16. The van der Waals surface area contributed by atoms with Gasteiger partial charge < -0.3 is 19.6 Å². The van der Waals surface area contributed by atoms with Crippen LogP contribution in [0.3, 0.4) is 0 Å². The maximum absolute atomic E-state index is 12.9. The highest BCUT2D eigenvalue weighted by atomic mass is 16.1. The second-order valence-electron chi connectivity index (χ2n) is 15.4. The van der Waals surface area contributed by atoms with Crippen LogP contribution in [0.15, 0.2) is 119 Å². The average molecular weight is 805 g/mol. The first-order chi connectivity index (χ1) is 29.2. The number of anilines is 4. The van der Waals surface area contributed by atoms with Gasteiger partial charge in [-0.25, -0.2) is 0 Å². The van der Waals surface area contributed by atoms with Crippen LogP contribution in [0, 0.1) is 0 Å². The summed E-state index contributed by atoms with van der Waals surface area (Å²) in [5, 5.41) is 0. The van der Waals surface area contributed by atoms with E-state index in [2.05, 4.69) is 196 Å². The molecule has 0 bridgehead atoms. The molecule has 2 saturated carbocycles. The van der Waals surface area contributed by atoms with E-state index in [0.717, 1.165) is 123 Å². The SMILES string of the molecule is CCN(CC)c1ccc(/C=C2\CC/C(=C\c3ccc(N(CC)CC)cc3)C2=O)cc1.CCN(CC)c1ccc(/C=C2\CC/C(=C\c3ccc(N(CC)CC)cc3)C2=O)cc1. The summed E-state index contributed by atoms with van der Waals surface area (Å²) in [4.78, 5) is 35.1. The number of benzene rings is 4. The van der Waals surface area contributed by atoms with E-state index in [4.69, 9.17) is 0 Å². The fourth-order valence-electron chi connectivity index (χ4n) is 8.24. The molecular formula is C54H68N4O2. The van der Waals surface area contributed by atoms with E-state index in [1.54, 1.807) is 0 Å². The molecule has 316 valence electrons. The number of carbonyl (C=O) groups excluding carboxylic acids is 2. The molecule has 0 aliphatic heterocycles. The molecule has 0 radical (unpaired) electrons. The number of rotatable bonds is 16. The van der Waals surface area contributed by atoms with Crippen LogP contribution in [0.25, 0.3) is 24.3 Å². The van der Waals surface area contributed by atoms with Crippen LogP contribution in [0.5, 0.6) is 0 Å². The normalized spacial score (nSPS) is 16.5. The highest BCUT2D eigenvalue weighted by Crippen LogP contribution is 2.32. The predicted octanol–water partition coefficient (Wildman–Crippen LogP) is 12.4. The first-order valence-corrected chi connectivity index (χ1v) is 22.5. The topological polar surface area (TPSA) is 47.1 Å². The van der Waals surface area contributed by atoms with Gasteiger partial charge in [0.1, 0.15) is 0 Å². The molecule has 2 fully saturated rings. The summed E-state index contributed by atoms with van der Waals surface area (Å²) in [6.07, 6.45) is 11.5. The molecule has 0 heterocycles. The number of hydrogen-bond donors (Lipinski definition) is 0. The van der Waals surface area contributed by atoms with Crippen LogP contribution in [0.1, 0.15) is 103 Å². The smallest absolute Gasteiger partial charge is 0.185 e. The summed E-state index contributed by atoms with van der Waals surface area (Å²) in [6, 6.07) is 34.1. The van der Waals surface area contributed by atoms with Gasteiger partial charge in [0.2, 0.25) is 0 Å². The molecule has 2 aliphatic rings. The van der Waals surface area contributed by atoms with Crippen molar-refractivity contribution in [3.8, 4) is 0 Å². The largest absolute Gasteiger partial charge is 0.372 e. The van der Waals surface area contributed by atoms with E-state index < -0.39 is 0 Å². The van der Waals surface area contributed by atoms with Crippen molar-refractivity contribution in [2.24, 2.45) is 0 Å². The Morgan fingerprint density at radius 3 is 0.633 bits per heavy atom. The Labute approximate surface area is 361 Å². The van der Waals surface area contributed by atoms with Crippen LogP contribution in [0.2, 0.25) is 0 Å². The minimum Gasteiger partial charge on any atom is -0.372 e. The Morgan fingerprint density at radius 1 is 0.317 bits per heavy atom. The van der Waals surface area contributed by atoms with E-state index >= 15 is 0 Å². The zero-order valence-electron chi connectivity index (χ0n) is 37.6. The average Bonchev–Trinajstić information content (AvgIpc) is 3.80. The van der Waals surface area contributed by atoms with Crippen LogP contribution in [0.4, 0.5) is 22.7 Å². The van der Waals surface area contributed by atoms with Gasteiger partial charge in [0.05, 0.1) is 0 Å². The van der Waals surface area contributed by atoms with Gasteiger partial charge in [0.15, 0.2) is 11.6 Å². The molecule has 6 heteroatoms. The number of allylic oxidation sites excluding steroid dienone is 4. The van der Waals surface area contributed by atoms with Crippen molar-refractivity contribution in [1.29, 1.82) is 0 Å². The lowest BCUT2D eigenvalue weighted by Crippen LogP contribution is -2.21. The van der Waals surface area contributed by atoms with Crippen molar-refractivity contribution in [2.45, 2.75) is 81.1 Å². The fourth-order valence-corrected chi connectivity index (χ4v) is 8.24. The molecular weight excluding hydrogens is 737 g/mol. The first-order valence-electron chi connectivity index (χ1n) is 22.5. The van der Waals surface area contributed by atoms with Crippen LogP contribution >= 0.6 is 0 Å². The monoisotopic (exact) mass is 805 g/mol. The van der Waals surface area contributed by atoms with Gasteiger partial charge in [-0.2, -0.15) is 0 Å². The van der Waals surface area contributed by atoms with Gasteiger partial charge >= 0.3 is 0 Å². The zero-order valence-corrected chi connectivity index (χ0v) is 37.6. The third kappa shape index (κ3) is 11.8. The molecule has 6 rings (SSSR count). The van der Waals surface area contributed by atoms with Crippen molar-refractivity contribution < 1.29 is 9.59 Å². The van der Waals surface area contributed by atoms with Crippen molar-refractivity contribution in [1.82, 2.24) is 0 Å². The summed E-state index contributed by atoms with van der Waals surface area (Å²) >= 11 is 0. The molecule has 0 aromatic heterocycles. The lowest BCUT2D eigenvalue weighted by molar-refractivity contribution is -0.112. The summed E-state index contributed by atoms with van der Waals surface area (Å²) < 4.78 is 0. The highest BCUT2D eigenvalue weighted by Gasteiger charge is 2.24. The summed E-state index contributed by atoms with van der Waals surface area (Å²) in [5.41, 5.74) is 13.0. The van der Waals surface area contributed by atoms with Crippen LogP contribution in [-0.2, 0) is 9.59 Å². The Balaban J connectivity index is 0.000000228. The molecule has 6 nitrogen and oxygen atoms in total. The molecule has 4 aromatic rings. The number of Topliss-reactive ketones (excluding diaryl/α,β-unsaturated/α-hetero) is 2. The van der Waals surface area contributed by atoms with Crippen LogP contribution in [-0.4, -0.2) is 63.9 Å². The second-order valence-corrected chi connectivity index (χ2v) is 15.4. The Morgan fingerprint density at radius 2 is 0.483 bits per heavy atom. The number of ketones is 2. The minimum atomic E-state index is 0.190. The van der Waals surface area contributed by atoms with E-state index in [9.17, 15) is 9.59 Å². The quantitative estimate of drug-likeness (QED) is 0.105. The lowest BCUT2D eigenvalue weighted by Gasteiger charge is -2.20. The molecule has 60 heavy (non-hydrogen) atoms. The van der Waals surface area contributed by atoms with Crippen molar-refractivity contribution >= 4 is 58.6 Å².